The number of rotatable bonds is 1. The molecule has 88 valence electrons. The molecule has 0 aromatic heterocycles. The fourth-order valence-electron chi connectivity index (χ4n) is 1.55. The van der Waals surface area contributed by atoms with Gasteiger partial charge in [-0.1, -0.05) is 18.2 Å². The summed E-state index contributed by atoms with van der Waals surface area (Å²) < 4.78 is 48.8. The molecular formula is C8H10N2O4S2. The lowest BCUT2D eigenvalue weighted by Gasteiger charge is -2.28. The highest BCUT2D eigenvalue weighted by molar-refractivity contribution is 8.09. The molecule has 0 amide bonds. The van der Waals surface area contributed by atoms with Crippen LogP contribution >= 0.6 is 0 Å². The SMILES string of the molecule is CS(=O)(=O)N1c2ccccc2CNS1(=O)=O. The summed E-state index contributed by atoms with van der Waals surface area (Å²) in [7, 11) is -7.86. The van der Waals surface area contributed by atoms with Gasteiger partial charge in [-0.05, 0) is 11.6 Å². The first-order valence-corrected chi connectivity index (χ1v) is 7.69. The van der Waals surface area contributed by atoms with Crippen molar-refractivity contribution >= 4 is 25.9 Å². The molecule has 0 aliphatic carbocycles. The van der Waals surface area contributed by atoms with Gasteiger partial charge >= 0.3 is 10.2 Å². The molecule has 0 fully saturated rings. The van der Waals surface area contributed by atoms with Crippen LogP contribution < -0.4 is 8.43 Å². The van der Waals surface area contributed by atoms with Crippen LogP contribution in [0.2, 0.25) is 0 Å². The molecule has 1 aliphatic rings. The fourth-order valence-corrected chi connectivity index (χ4v) is 4.56. The summed E-state index contributed by atoms with van der Waals surface area (Å²) in [6, 6.07) is 6.46. The van der Waals surface area contributed by atoms with Crippen molar-refractivity contribution in [1.29, 1.82) is 0 Å². The first-order chi connectivity index (χ1) is 7.32. The Bertz CT molecular complexity index is 621. The van der Waals surface area contributed by atoms with Crippen molar-refractivity contribution in [2.75, 3.05) is 9.97 Å². The van der Waals surface area contributed by atoms with Crippen LogP contribution in [0.1, 0.15) is 5.56 Å². The highest BCUT2D eigenvalue weighted by Crippen LogP contribution is 2.28. The average Bonchev–Trinajstić information content (AvgIpc) is 2.14. The first-order valence-electron chi connectivity index (χ1n) is 4.40. The predicted octanol–water partition coefficient (Wildman–Crippen LogP) is -0.199. The van der Waals surface area contributed by atoms with Crippen molar-refractivity contribution in [3.05, 3.63) is 29.8 Å². The number of sulfonamides is 1. The Morgan fingerprint density at radius 1 is 1.31 bits per heavy atom. The van der Waals surface area contributed by atoms with Gasteiger partial charge in [-0.25, -0.2) is 8.42 Å². The summed E-state index contributed by atoms with van der Waals surface area (Å²) in [5.74, 6) is 0. The normalized spacial score (nSPS) is 19.2. The number of fused-ring (bicyclic) bond motifs is 1. The molecule has 1 aromatic rings. The van der Waals surface area contributed by atoms with E-state index >= 15 is 0 Å². The molecule has 16 heavy (non-hydrogen) atoms. The van der Waals surface area contributed by atoms with Crippen molar-refractivity contribution in [2.24, 2.45) is 0 Å². The number of anilines is 1. The summed E-state index contributed by atoms with van der Waals surface area (Å²) >= 11 is 0. The van der Waals surface area contributed by atoms with Gasteiger partial charge in [0.25, 0.3) is 0 Å². The van der Waals surface area contributed by atoms with E-state index < -0.39 is 20.2 Å². The average molecular weight is 262 g/mol. The first kappa shape index (κ1) is 11.4. The van der Waals surface area contributed by atoms with Crippen LogP contribution in [-0.2, 0) is 26.8 Å². The molecule has 1 aliphatic heterocycles. The maximum atomic E-state index is 11.6. The van der Waals surface area contributed by atoms with E-state index in [2.05, 4.69) is 4.72 Å². The van der Waals surface area contributed by atoms with Gasteiger partial charge < -0.3 is 0 Å². The van der Waals surface area contributed by atoms with Crippen LogP contribution in [0, 0.1) is 0 Å². The van der Waals surface area contributed by atoms with Gasteiger partial charge in [0.2, 0.25) is 10.0 Å². The third-order valence-electron chi connectivity index (χ3n) is 2.15. The van der Waals surface area contributed by atoms with Gasteiger partial charge in [0, 0.05) is 6.54 Å². The largest absolute Gasteiger partial charge is 0.315 e. The van der Waals surface area contributed by atoms with Gasteiger partial charge in [0.15, 0.2) is 0 Å². The molecule has 6 nitrogen and oxygen atoms in total. The van der Waals surface area contributed by atoms with E-state index in [1.165, 1.54) is 6.07 Å². The monoisotopic (exact) mass is 262 g/mol. The molecule has 0 saturated carbocycles. The summed E-state index contributed by atoms with van der Waals surface area (Å²) in [6.45, 7) is 0.102. The molecule has 1 N–H and O–H groups in total. The summed E-state index contributed by atoms with van der Waals surface area (Å²) in [5.41, 5.74) is 0.812. The van der Waals surface area contributed by atoms with E-state index in [4.69, 9.17) is 0 Å². The molecule has 0 spiro atoms. The van der Waals surface area contributed by atoms with E-state index in [1.807, 2.05) is 0 Å². The van der Waals surface area contributed by atoms with Crippen molar-refractivity contribution in [2.45, 2.75) is 6.54 Å². The Hall–Kier alpha value is -1.12. The molecule has 0 bridgehead atoms. The van der Waals surface area contributed by atoms with Crippen LogP contribution in [0.15, 0.2) is 24.3 Å². The van der Waals surface area contributed by atoms with Crippen molar-refractivity contribution in [1.82, 2.24) is 4.72 Å². The molecule has 0 unspecified atom stereocenters. The number of benzene rings is 1. The molecule has 0 radical (unpaired) electrons. The Kier molecular flexibility index (Phi) is 2.44. The van der Waals surface area contributed by atoms with Gasteiger partial charge in [0.05, 0.1) is 11.9 Å². The Labute approximate surface area is 94.1 Å². The minimum absolute atomic E-state index is 0.102. The van der Waals surface area contributed by atoms with Crippen LogP contribution in [0.3, 0.4) is 0 Å². The number of para-hydroxylation sites is 1. The highest BCUT2D eigenvalue weighted by atomic mass is 32.3. The standard InChI is InChI=1S/C8H10N2O4S2/c1-15(11,12)10-8-5-3-2-4-7(8)6-9-16(10,13)14/h2-5,9H,6H2,1H3. The van der Waals surface area contributed by atoms with Crippen LogP contribution in [0.25, 0.3) is 0 Å². The number of nitrogens with zero attached hydrogens (tertiary/aromatic N) is 1. The van der Waals surface area contributed by atoms with E-state index in [0.29, 0.717) is 9.27 Å². The fraction of sp³-hybridized carbons (Fsp3) is 0.250. The van der Waals surface area contributed by atoms with E-state index in [9.17, 15) is 16.8 Å². The highest BCUT2D eigenvalue weighted by Gasteiger charge is 2.35. The summed E-state index contributed by atoms with van der Waals surface area (Å²) in [5, 5.41) is 0. The molecule has 2 rings (SSSR count). The Balaban J connectivity index is 2.73. The van der Waals surface area contributed by atoms with Gasteiger partial charge in [0.1, 0.15) is 0 Å². The smallest absolute Gasteiger partial charge is 0.206 e. The third kappa shape index (κ3) is 1.79. The second-order valence-electron chi connectivity index (χ2n) is 3.42. The second kappa shape index (κ2) is 3.44. The van der Waals surface area contributed by atoms with E-state index in [1.54, 1.807) is 18.2 Å². The lowest BCUT2D eigenvalue weighted by atomic mass is 10.2. The predicted molar refractivity (Wildman–Crippen MR) is 59.5 cm³/mol. The van der Waals surface area contributed by atoms with Crippen LogP contribution in [0.4, 0.5) is 5.69 Å². The van der Waals surface area contributed by atoms with Crippen LogP contribution in [-0.4, -0.2) is 23.1 Å². The zero-order valence-corrected chi connectivity index (χ0v) is 10.0. The summed E-state index contributed by atoms with van der Waals surface area (Å²) in [6.07, 6.45) is 0.855. The molecule has 8 heteroatoms. The molecule has 1 aromatic carbocycles. The molecular weight excluding hydrogens is 252 g/mol. The summed E-state index contributed by atoms with van der Waals surface area (Å²) in [4.78, 5) is 0. The van der Waals surface area contributed by atoms with Gasteiger partial charge in [-0.2, -0.15) is 16.9 Å². The van der Waals surface area contributed by atoms with Gasteiger partial charge in [-0.15, -0.1) is 0 Å². The van der Waals surface area contributed by atoms with Gasteiger partial charge in [-0.3, -0.25) is 0 Å². The Morgan fingerprint density at radius 3 is 2.56 bits per heavy atom. The van der Waals surface area contributed by atoms with E-state index in [-0.39, 0.29) is 12.2 Å². The quantitative estimate of drug-likeness (QED) is 0.759. The van der Waals surface area contributed by atoms with Crippen molar-refractivity contribution in [3.8, 4) is 0 Å². The molecule has 0 saturated heterocycles. The number of hydrogen-bond acceptors (Lipinski definition) is 4. The zero-order valence-electron chi connectivity index (χ0n) is 8.41. The van der Waals surface area contributed by atoms with Crippen LogP contribution in [0.5, 0.6) is 0 Å². The third-order valence-corrected chi connectivity index (χ3v) is 5.50. The maximum Gasteiger partial charge on any atom is 0.315 e. The minimum Gasteiger partial charge on any atom is -0.206 e. The van der Waals surface area contributed by atoms with E-state index in [0.717, 1.165) is 6.26 Å². The minimum atomic E-state index is -4.00. The molecule has 1 heterocycles. The number of hydrogen-bond donors (Lipinski definition) is 1. The number of nitrogens with one attached hydrogen (secondary N) is 1. The maximum absolute atomic E-state index is 11.6. The van der Waals surface area contributed by atoms with Crippen molar-refractivity contribution in [3.63, 3.8) is 0 Å². The molecule has 0 atom stereocenters. The topological polar surface area (TPSA) is 83.6 Å². The zero-order chi connectivity index (χ0) is 12.0. The lowest BCUT2D eigenvalue weighted by molar-refractivity contribution is 0.572. The Morgan fingerprint density at radius 2 is 1.94 bits per heavy atom. The lowest BCUT2D eigenvalue weighted by Crippen LogP contribution is -2.47. The van der Waals surface area contributed by atoms with Crippen molar-refractivity contribution < 1.29 is 16.8 Å². The second-order valence-corrected chi connectivity index (χ2v) is 7.08.